The molecule has 6 nitrogen and oxygen atoms in total. The molecule has 1 N–H and O–H groups in total. The standard InChI is InChI=1S/C16H26N4O2S/c1-15(2,3)14(22)19-10-23-9-12(19)13(21)18-11-7-17-20(8-11)16(4,5)6/h7-8,12H,9-10H2,1-6H3,(H,18,21)/t12-/m0/s1. The molecule has 1 saturated heterocycles. The summed E-state index contributed by atoms with van der Waals surface area (Å²) in [6.07, 6.45) is 3.46. The van der Waals surface area contributed by atoms with Crippen molar-refractivity contribution in [3.05, 3.63) is 12.4 Å². The van der Waals surface area contributed by atoms with Gasteiger partial charge in [-0.05, 0) is 20.8 Å². The molecule has 2 rings (SSSR count). The number of nitrogens with one attached hydrogen (secondary N) is 1. The van der Waals surface area contributed by atoms with E-state index < -0.39 is 11.5 Å². The Kier molecular flexibility index (Phi) is 4.80. The summed E-state index contributed by atoms with van der Waals surface area (Å²) in [7, 11) is 0. The van der Waals surface area contributed by atoms with Crippen LogP contribution < -0.4 is 5.32 Å². The van der Waals surface area contributed by atoms with Crippen LogP contribution in [0.4, 0.5) is 5.69 Å². The number of aromatic nitrogens is 2. The van der Waals surface area contributed by atoms with E-state index in [0.717, 1.165) is 0 Å². The number of rotatable bonds is 2. The molecule has 1 atom stereocenters. The summed E-state index contributed by atoms with van der Waals surface area (Å²) in [4.78, 5) is 26.7. The Hall–Kier alpha value is -1.50. The lowest BCUT2D eigenvalue weighted by Crippen LogP contribution is -2.48. The highest BCUT2D eigenvalue weighted by Crippen LogP contribution is 2.28. The predicted octanol–water partition coefficient (Wildman–Crippen LogP) is 2.52. The van der Waals surface area contributed by atoms with Gasteiger partial charge in [-0.2, -0.15) is 5.10 Å². The third-order valence-corrected chi connectivity index (χ3v) is 4.64. The maximum Gasteiger partial charge on any atom is 0.248 e. The second-order valence-corrected chi connectivity index (χ2v) is 8.87. The molecule has 0 aromatic carbocycles. The largest absolute Gasteiger partial charge is 0.322 e. The van der Waals surface area contributed by atoms with Gasteiger partial charge < -0.3 is 10.2 Å². The molecule has 1 aromatic heterocycles. The molecule has 0 radical (unpaired) electrons. The van der Waals surface area contributed by atoms with Crippen molar-refractivity contribution in [2.75, 3.05) is 16.9 Å². The van der Waals surface area contributed by atoms with Crippen LogP contribution in [0.2, 0.25) is 0 Å². The van der Waals surface area contributed by atoms with Crippen molar-refractivity contribution in [3.63, 3.8) is 0 Å². The van der Waals surface area contributed by atoms with E-state index in [1.54, 1.807) is 22.9 Å². The average molecular weight is 338 g/mol. The van der Waals surface area contributed by atoms with Gasteiger partial charge >= 0.3 is 0 Å². The Morgan fingerprint density at radius 1 is 1.26 bits per heavy atom. The molecule has 23 heavy (non-hydrogen) atoms. The predicted molar refractivity (Wildman–Crippen MR) is 93.3 cm³/mol. The quantitative estimate of drug-likeness (QED) is 0.900. The second-order valence-electron chi connectivity index (χ2n) is 7.87. The number of nitrogens with zero attached hydrogens (tertiary/aromatic N) is 3. The van der Waals surface area contributed by atoms with Crippen molar-refractivity contribution in [1.82, 2.24) is 14.7 Å². The van der Waals surface area contributed by atoms with Crippen molar-refractivity contribution in [2.24, 2.45) is 5.41 Å². The minimum absolute atomic E-state index is 0.00744. The van der Waals surface area contributed by atoms with Crippen LogP contribution in [0.15, 0.2) is 12.4 Å². The third-order valence-electron chi connectivity index (χ3n) is 3.62. The zero-order valence-electron chi connectivity index (χ0n) is 14.7. The van der Waals surface area contributed by atoms with E-state index >= 15 is 0 Å². The van der Waals surface area contributed by atoms with Gasteiger partial charge in [0.15, 0.2) is 0 Å². The van der Waals surface area contributed by atoms with E-state index in [9.17, 15) is 9.59 Å². The lowest BCUT2D eigenvalue weighted by atomic mass is 9.94. The first-order valence-corrected chi connectivity index (χ1v) is 8.90. The van der Waals surface area contributed by atoms with E-state index in [0.29, 0.717) is 17.3 Å². The lowest BCUT2D eigenvalue weighted by Gasteiger charge is -2.29. The molecule has 128 valence electrons. The van der Waals surface area contributed by atoms with E-state index in [-0.39, 0.29) is 17.4 Å². The summed E-state index contributed by atoms with van der Waals surface area (Å²) in [5.41, 5.74) is 0.0334. The summed E-state index contributed by atoms with van der Waals surface area (Å²) >= 11 is 1.61. The normalized spacial score (nSPS) is 19.0. The first-order valence-electron chi connectivity index (χ1n) is 7.75. The molecule has 1 aromatic rings. The number of carbonyl (C=O) groups is 2. The minimum Gasteiger partial charge on any atom is -0.322 e. The van der Waals surface area contributed by atoms with Crippen LogP contribution in [0.1, 0.15) is 41.5 Å². The Morgan fingerprint density at radius 3 is 2.43 bits per heavy atom. The van der Waals surface area contributed by atoms with Crippen molar-refractivity contribution in [1.29, 1.82) is 0 Å². The lowest BCUT2D eigenvalue weighted by molar-refractivity contribution is -0.143. The fourth-order valence-electron chi connectivity index (χ4n) is 2.27. The van der Waals surface area contributed by atoms with Crippen molar-refractivity contribution in [2.45, 2.75) is 53.1 Å². The molecule has 1 fully saturated rings. The zero-order chi connectivity index (χ0) is 17.4. The summed E-state index contributed by atoms with van der Waals surface area (Å²) in [5, 5.41) is 7.16. The van der Waals surface area contributed by atoms with E-state index in [2.05, 4.69) is 10.4 Å². The summed E-state index contributed by atoms with van der Waals surface area (Å²) < 4.78 is 1.81. The van der Waals surface area contributed by atoms with Gasteiger partial charge in [0.2, 0.25) is 11.8 Å². The average Bonchev–Trinajstić information content (AvgIpc) is 3.03. The van der Waals surface area contributed by atoms with Gasteiger partial charge in [0, 0.05) is 17.4 Å². The van der Waals surface area contributed by atoms with Gasteiger partial charge in [0.1, 0.15) is 6.04 Å². The van der Waals surface area contributed by atoms with Crippen LogP contribution >= 0.6 is 11.8 Å². The van der Waals surface area contributed by atoms with Crippen LogP contribution in [0.3, 0.4) is 0 Å². The SMILES string of the molecule is CC(C)(C)C(=O)N1CSC[C@H]1C(=O)Nc1cnn(C(C)(C)C)c1. The van der Waals surface area contributed by atoms with E-state index in [1.807, 2.05) is 52.4 Å². The van der Waals surface area contributed by atoms with Gasteiger partial charge in [-0.1, -0.05) is 20.8 Å². The monoisotopic (exact) mass is 338 g/mol. The van der Waals surface area contributed by atoms with Gasteiger partial charge in [0.05, 0.1) is 23.3 Å². The fraction of sp³-hybridized carbons (Fsp3) is 0.688. The molecule has 0 aliphatic carbocycles. The fourth-order valence-corrected chi connectivity index (χ4v) is 3.42. The van der Waals surface area contributed by atoms with Crippen LogP contribution in [-0.4, -0.2) is 44.2 Å². The van der Waals surface area contributed by atoms with E-state index in [1.165, 1.54) is 0 Å². The Balaban J connectivity index is 2.08. The number of hydrogen-bond acceptors (Lipinski definition) is 4. The second kappa shape index (κ2) is 6.19. The van der Waals surface area contributed by atoms with Crippen molar-refractivity contribution in [3.8, 4) is 0 Å². The highest BCUT2D eigenvalue weighted by molar-refractivity contribution is 7.99. The first-order chi connectivity index (χ1) is 10.5. The molecule has 7 heteroatoms. The highest BCUT2D eigenvalue weighted by Gasteiger charge is 2.39. The molecular formula is C16H26N4O2S. The zero-order valence-corrected chi connectivity index (χ0v) is 15.5. The molecule has 0 saturated carbocycles. The molecule has 2 amide bonds. The summed E-state index contributed by atoms with van der Waals surface area (Å²) in [5.74, 6) is 1.05. The van der Waals surface area contributed by atoms with Crippen LogP contribution in [0.5, 0.6) is 0 Å². The molecule has 2 heterocycles. The Bertz CT molecular complexity index is 598. The van der Waals surface area contributed by atoms with Crippen molar-refractivity contribution >= 4 is 29.3 Å². The Morgan fingerprint density at radius 2 is 1.91 bits per heavy atom. The number of carbonyl (C=O) groups excluding carboxylic acids is 2. The number of thioether (sulfide) groups is 1. The van der Waals surface area contributed by atoms with Crippen LogP contribution in [-0.2, 0) is 15.1 Å². The smallest absolute Gasteiger partial charge is 0.248 e. The van der Waals surface area contributed by atoms with E-state index in [4.69, 9.17) is 0 Å². The molecule has 1 aliphatic rings. The summed E-state index contributed by atoms with van der Waals surface area (Å²) in [6.45, 7) is 11.8. The number of hydrogen-bond donors (Lipinski definition) is 1. The van der Waals surface area contributed by atoms with Gasteiger partial charge in [-0.3, -0.25) is 14.3 Å². The van der Waals surface area contributed by atoms with Gasteiger partial charge in [-0.15, -0.1) is 11.8 Å². The van der Waals surface area contributed by atoms with Crippen LogP contribution in [0.25, 0.3) is 0 Å². The molecule has 0 spiro atoms. The summed E-state index contributed by atoms with van der Waals surface area (Å²) in [6, 6.07) is -0.426. The number of amides is 2. The maximum atomic E-state index is 12.6. The van der Waals surface area contributed by atoms with Gasteiger partial charge in [-0.25, -0.2) is 0 Å². The number of anilines is 1. The molecule has 0 bridgehead atoms. The van der Waals surface area contributed by atoms with Crippen molar-refractivity contribution < 1.29 is 9.59 Å². The molecule has 0 unspecified atom stereocenters. The highest BCUT2D eigenvalue weighted by atomic mass is 32.2. The first kappa shape index (κ1) is 17.8. The maximum absolute atomic E-state index is 12.6. The molecule has 1 aliphatic heterocycles. The van der Waals surface area contributed by atoms with Crippen LogP contribution in [0, 0.1) is 5.41 Å². The van der Waals surface area contributed by atoms with Gasteiger partial charge in [0.25, 0.3) is 0 Å². The topological polar surface area (TPSA) is 67.2 Å². The third kappa shape index (κ3) is 4.07. The molecular weight excluding hydrogens is 312 g/mol. The minimum atomic E-state index is -0.486. The Labute approximate surface area is 142 Å².